The zero-order valence-corrected chi connectivity index (χ0v) is 13.1. The molecular weight excluding hydrogens is 316 g/mol. The monoisotopic (exact) mass is 330 g/mol. The lowest BCUT2D eigenvalue weighted by molar-refractivity contribution is 0.259. The molecule has 0 aliphatic heterocycles. The average molecular weight is 330 g/mol. The van der Waals surface area contributed by atoms with Crippen LogP contribution in [0, 0.1) is 0 Å². The summed E-state index contributed by atoms with van der Waals surface area (Å²) in [6, 6.07) is 12.5. The second-order valence-corrected chi connectivity index (χ2v) is 5.43. The van der Waals surface area contributed by atoms with Crippen molar-refractivity contribution in [3.8, 4) is 22.6 Å². The molecule has 3 aromatic heterocycles. The van der Waals surface area contributed by atoms with Crippen LogP contribution in [0.3, 0.4) is 0 Å². The predicted octanol–water partition coefficient (Wildman–Crippen LogP) is 2.95. The molecule has 7 nitrogen and oxygen atoms in total. The number of aromatic nitrogens is 4. The van der Waals surface area contributed by atoms with Crippen LogP contribution in [0.2, 0.25) is 0 Å². The molecule has 2 amide bonds. The van der Waals surface area contributed by atoms with Crippen molar-refractivity contribution in [1.82, 2.24) is 19.4 Å². The Hall–Kier alpha value is -3.74. The van der Waals surface area contributed by atoms with Crippen molar-refractivity contribution in [2.24, 2.45) is 5.73 Å². The van der Waals surface area contributed by atoms with Gasteiger partial charge in [0.2, 0.25) is 0 Å². The molecule has 0 aliphatic rings. The zero-order chi connectivity index (χ0) is 17.2. The minimum Gasteiger partial charge on any atom is -0.351 e. The lowest BCUT2D eigenvalue weighted by atomic mass is 10.1. The van der Waals surface area contributed by atoms with Gasteiger partial charge in [0.15, 0.2) is 5.82 Å². The first kappa shape index (κ1) is 14.8. The largest absolute Gasteiger partial charge is 0.351 e. The van der Waals surface area contributed by atoms with Crippen LogP contribution < -0.4 is 11.1 Å². The number of fused-ring (bicyclic) bond motifs is 1. The standard InChI is InChI=1S/C18H14N6O/c19-18(25)23-14-4-1-3-12(9-14)15-11-22-16-10-13(5-8-24(15)16)17-20-6-2-7-21-17/h1-11H,(H3,19,23,25). The highest BCUT2D eigenvalue weighted by Gasteiger charge is 2.09. The number of imidazole rings is 1. The van der Waals surface area contributed by atoms with E-state index < -0.39 is 6.03 Å². The van der Waals surface area contributed by atoms with Crippen LogP contribution in [0.15, 0.2) is 67.3 Å². The molecule has 0 atom stereocenters. The van der Waals surface area contributed by atoms with Gasteiger partial charge in [-0.25, -0.2) is 19.7 Å². The minimum absolute atomic E-state index is 0.595. The van der Waals surface area contributed by atoms with E-state index in [-0.39, 0.29) is 0 Å². The topological polar surface area (TPSA) is 98.2 Å². The quantitative estimate of drug-likeness (QED) is 0.603. The van der Waals surface area contributed by atoms with Crippen LogP contribution >= 0.6 is 0 Å². The molecule has 0 radical (unpaired) electrons. The van der Waals surface area contributed by atoms with Crippen LogP contribution in [-0.2, 0) is 0 Å². The fraction of sp³-hybridized carbons (Fsp3) is 0. The third-order valence-electron chi connectivity index (χ3n) is 3.76. The predicted molar refractivity (Wildman–Crippen MR) is 94.9 cm³/mol. The Bertz CT molecular complexity index is 1060. The molecule has 7 heteroatoms. The zero-order valence-electron chi connectivity index (χ0n) is 13.1. The molecule has 3 heterocycles. The van der Waals surface area contributed by atoms with Gasteiger partial charge in [-0.15, -0.1) is 0 Å². The molecular formula is C18H14N6O. The van der Waals surface area contributed by atoms with Crippen molar-refractivity contribution in [3.05, 3.63) is 67.3 Å². The maximum atomic E-state index is 11.0. The second-order valence-electron chi connectivity index (χ2n) is 5.43. The Morgan fingerprint density at radius 1 is 1.00 bits per heavy atom. The van der Waals surface area contributed by atoms with Gasteiger partial charge in [0.05, 0.1) is 11.9 Å². The first-order valence-electron chi connectivity index (χ1n) is 7.62. The summed E-state index contributed by atoms with van der Waals surface area (Å²) >= 11 is 0. The van der Waals surface area contributed by atoms with Crippen LogP contribution in [0.4, 0.5) is 10.5 Å². The number of hydrogen-bond acceptors (Lipinski definition) is 4. The van der Waals surface area contributed by atoms with E-state index in [0.29, 0.717) is 11.5 Å². The molecule has 0 bridgehead atoms. The van der Waals surface area contributed by atoms with Crippen LogP contribution in [0.5, 0.6) is 0 Å². The number of carbonyl (C=O) groups excluding carboxylic acids is 1. The maximum absolute atomic E-state index is 11.0. The first-order chi connectivity index (χ1) is 12.2. The average Bonchev–Trinajstić information content (AvgIpc) is 3.05. The molecule has 0 saturated heterocycles. The van der Waals surface area contributed by atoms with E-state index in [1.54, 1.807) is 30.7 Å². The number of nitrogens with two attached hydrogens (primary N) is 1. The maximum Gasteiger partial charge on any atom is 0.316 e. The van der Waals surface area contributed by atoms with E-state index >= 15 is 0 Å². The van der Waals surface area contributed by atoms with Gasteiger partial charge in [-0.1, -0.05) is 12.1 Å². The molecule has 0 spiro atoms. The van der Waals surface area contributed by atoms with Gasteiger partial charge in [0.25, 0.3) is 0 Å². The minimum atomic E-state index is -0.595. The normalized spacial score (nSPS) is 10.7. The van der Waals surface area contributed by atoms with Gasteiger partial charge < -0.3 is 11.1 Å². The highest BCUT2D eigenvalue weighted by molar-refractivity contribution is 5.88. The number of urea groups is 1. The Balaban J connectivity index is 1.76. The van der Waals surface area contributed by atoms with Crippen molar-refractivity contribution >= 4 is 17.4 Å². The highest BCUT2D eigenvalue weighted by Crippen LogP contribution is 2.25. The smallest absolute Gasteiger partial charge is 0.316 e. The lowest BCUT2D eigenvalue weighted by Crippen LogP contribution is -2.19. The third kappa shape index (κ3) is 2.90. The summed E-state index contributed by atoms with van der Waals surface area (Å²) in [5.41, 5.74) is 9.32. The van der Waals surface area contributed by atoms with Crippen molar-refractivity contribution in [2.75, 3.05) is 5.32 Å². The van der Waals surface area contributed by atoms with Crippen LogP contribution in [0.25, 0.3) is 28.3 Å². The van der Waals surface area contributed by atoms with Gasteiger partial charge in [0.1, 0.15) is 5.65 Å². The van der Waals surface area contributed by atoms with E-state index in [4.69, 9.17) is 5.73 Å². The van der Waals surface area contributed by atoms with Crippen molar-refractivity contribution in [3.63, 3.8) is 0 Å². The third-order valence-corrected chi connectivity index (χ3v) is 3.76. The van der Waals surface area contributed by atoms with E-state index in [9.17, 15) is 4.79 Å². The number of anilines is 1. The Morgan fingerprint density at radius 3 is 2.64 bits per heavy atom. The first-order valence-corrected chi connectivity index (χ1v) is 7.62. The van der Waals surface area contributed by atoms with Crippen molar-refractivity contribution in [1.29, 1.82) is 0 Å². The molecule has 0 fully saturated rings. The number of amides is 2. The Kier molecular flexibility index (Phi) is 3.59. The molecule has 4 rings (SSSR count). The second kappa shape index (κ2) is 6.04. The lowest BCUT2D eigenvalue weighted by Gasteiger charge is -2.06. The molecule has 3 N–H and O–H groups in total. The molecule has 0 unspecified atom stereocenters. The molecule has 25 heavy (non-hydrogen) atoms. The Labute approximate surface area is 143 Å². The SMILES string of the molecule is NC(=O)Nc1cccc(-c2cnc3cc(-c4ncccn4)ccn23)c1. The van der Waals surface area contributed by atoms with Gasteiger partial charge in [-0.3, -0.25) is 4.40 Å². The molecule has 4 aromatic rings. The van der Waals surface area contributed by atoms with Gasteiger partial charge in [0, 0.05) is 35.4 Å². The van der Waals surface area contributed by atoms with E-state index in [2.05, 4.69) is 20.3 Å². The molecule has 0 saturated carbocycles. The Morgan fingerprint density at radius 2 is 1.84 bits per heavy atom. The number of nitrogens with one attached hydrogen (secondary N) is 1. The summed E-state index contributed by atoms with van der Waals surface area (Å²) in [5.74, 6) is 0.655. The summed E-state index contributed by atoms with van der Waals surface area (Å²) in [5, 5.41) is 2.58. The summed E-state index contributed by atoms with van der Waals surface area (Å²) in [6.45, 7) is 0. The number of carbonyl (C=O) groups is 1. The molecule has 1 aromatic carbocycles. The van der Waals surface area contributed by atoms with Crippen molar-refractivity contribution < 1.29 is 4.79 Å². The van der Waals surface area contributed by atoms with E-state index in [0.717, 1.165) is 22.5 Å². The summed E-state index contributed by atoms with van der Waals surface area (Å²) in [7, 11) is 0. The molecule has 0 aliphatic carbocycles. The number of pyridine rings is 1. The fourth-order valence-electron chi connectivity index (χ4n) is 2.68. The summed E-state index contributed by atoms with van der Waals surface area (Å²) in [4.78, 5) is 24.0. The summed E-state index contributed by atoms with van der Waals surface area (Å²) < 4.78 is 1.97. The fourth-order valence-corrected chi connectivity index (χ4v) is 2.68. The number of nitrogens with zero attached hydrogens (tertiary/aromatic N) is 4. The molecule has 122 valence electrons. The van der Waals surface area contributed by atoms with Gasteiger partial charge in [-0.05, 0) is 30.3 Å². The highest BCUT2D eigenvalue weighted by atomic mass is 16.2. The number of hydrogen-bond donors (Lipinski definition) is 2. The van der Waals surface area contributed by atoms with E-state index in [1.807, 2.05) is 40.9 Å². The van der Waals surface area contributed by atoms with Crippen LogP contribution in [-0.4, -0.2) is 25.4 Å². The number of primary amides is 1. The van der Waals surface area contributed by atoms with Crippen molar-refractivity contribution in [2.45, 2.75) is 0 Å². The number of rotatable bonds is 3. The van der Waals surface area contributed by atoms with E-state index in [1.165, 1.54) is 0 Å². The van der Waals surface area contributed by atoms with Gasteiger partial charge in [-0.2, -0.15) is 0 Å². The number of benzene rings is 1. The van der Waals surface area contributed by atoms with Crippen LogP contribution in [0.1, 0.15) is 0 Å². The van der Waals surface area contributed by atoms with Gasteiger partial charge >= 0.3 is 6.03 Å². The summed E-state index contributed by atoms with van der Waals surface area (Å²) in [6.07, 6.45) is 7.13.